The summed E-state index contributed by atoms with van der Waals surface area (Å²) in [6.45, 7) is 4.18. The quantitative estimate of drug-likeness (QED) is 0.688. The molecule has 2 rings (SSSR count). The monoisotopic (exact) mass is 324 g/mol. The van der Waals surface area contributed by atoms with Crippen molar-refractivity contribution in [3.63, 3.8) is 0 Å². The van der Waals surface area contributed by atoms with E-state index in [0.717, 1.165) is 12.8 Å². The minimum Gasteiger partial charge on any atom is -0.490 e. The largest absolute Gasteiger partial charge is 0.490 e. The average Bonchev–Trinajstić information content (AvgIpc) is 3.30. The number of carbonyl (C=O) groups is 1. The molecular formula is C17H25FN2O3. The van der Waals surface area contributed by atoms with Crippen LogP contribution in [0.25, 0.3) is 0 Å². The Hall–Kier alpha value is -1.82. The number of rotatable bonds is 8. The van der Waals surface area contributed by atoms with Crippen molar-refractivity contribution in [2.75, 3.05) is 13.2 Å². The maximum Gasteiger partial charge on any atom is 0.315 e. The van der Waals surface area contributed by atoms with Crippen LogP contribution in [0.4, 0.5) is 9.18 Å². The number of urea groups is 1. The number of benzene rings is 1. The van der Waals surface area contributed by atoms with Crippen molar-refractivity contribution in [1.82, 2.24) is 10.6 Å². The van der Waals surface area contributed by atoms with E-state index in [-0.39, 0.29) is 30.5 Å². The van der Waals surface area contributed by atoms with Gasteiger partial charge in [-0.15, -0.1) is 0 Å². The lowest BCUT2D eigenvalue weighted by atomic mass is 10.1. The summed E-state index contributed by atoms with van der Waals surface area (Å²) < 4.78 is 19.5. The highest BCUT2D eigenvalue weighted by atomic mass is 19.1. The van der Waals surface area contributed by atoms with Gasteiger partial charge in [0.25, 0.3) is 0 Å². The van der Waals surface area contributed by atoms with Crippen LogP contribution in [0.1, 0.15) is 44.7 Å². The summed E-state index contributed by atoms with van der Waals surface area (Å²) in [5.74, 6) is 0.416. The van der Waals surface area contributed by atoms with Crippen molar-refractivity contribution >= 4 is 6.03 Å². The standard InChI is InChI=1S/C17H25FN2O3/c1-11(7-8-21)19-17(22)20-12(2)14-5-6-16(15(18)9-14)23-10-13-3-4-13/h5-6,9,11-13,21H,3-4,7-8,10H2,1-2H3,(H2,19,20,22)/t11-,12?/m1/s1. The molecule has 2 amide bonds. The minimum absolute atomic E-state index is 0.0184. The second kappa shape index (κ2) is 8.15. The normalized spacial score (nSPS) is 16.5. The molecule has 1 saturated carbocycles. The fraction of sp³-hybridized carbons (Fsp3) is 0.588. The van der Waals surface area contributed by atoms with Crippen LogP contribution < -0.4 is 15.4 Å². The zero-order chi connectivity index (χ0) is 16.8. The van der Waals surface area contributed by atoms with Crippen LogP contribution in [0.5, 0.6) is 5.75 Å². The molecule has 1 aromatic rings. The summed E-state index contributed by atoms with van der Waals surface area (Å²) in [6, 6.07) is 3.97. The van der Waals surface area contributed by atoms with E-state index in [1.165, 1.54) is 6.07 Å². The Kier molecular flexibility index (Phi) is 6.21. The molecule has 0 radical (unpaired) electrons. The van der Waals surface area contributed by atoms with Crippen LogP contribution >= 0.6 is 0 Å². The molecule has 1 unspecified atom stereocenters. The third-order valence-corrected chi connectivity index (χ3v) is 3.91. The Bertz CT molecular complexity index is 535. The highest BCUT2D eigenvalue weighted by Gasteiger charge is 2.22. The first-order valence-electron chi connectivity index (χ1n) is 8.09. The zero-order valence-corrected chi connectivity index (χ0v) is 13.6. The first-order chi connectivity index (χ1) is 11.0. The molecular weight excluding hydrogens is 299 g/mol. The summed E-state index contributed by atoms with van der Waals surface area (Å²) in [7, 11) is 0. The van der Waals surface area contributed by atoms with Gasteiger partial charge in [-0.25, -0.2) is 9.18 Å². The number of aliphatic hydroxyl groups is 1. The number of carbonyl (C=O) groups excluding carboxylic acids is 1. The molecule has 0 aromatic heterocycles. The van der Waals surface area contributed by atoms with E-state index in [2.05, 4.69) is 10.6 Å². The lowest BCUT2D eigenvalue weighted by molar-refractivity contribution is 0.228. The molecule has 0 spiro atoms. The second-order valence-corrected chi connectivity index (χ2v) is 6.20. The number of amides is 2. The van der Waals surface area contributed by atoms with E-state index in [4.69, 9.17) is 9.84 Å². The van der Waals surface area contributed by atoms with Gasteiger partial charge in [0.05, 0.1) is 12.6 Å². The number of nitrogens with one attached hydrogen (secondary N) is 2. The van der Waals surface area contributed by atoms with Crippen LogP contribution in [0.3, 0.4) is 0 Å². The molecule has 0 heterocycles. The van der Waals surface area contributed by atoms with Crippen molar-refractivity contribution in [2.45, 2.75) is 45.2 Å². The van der Waals surface area contributed by atoms with Gasteiger partial charge in [0.15, 0.2) is 11.6 Å². The molecule has 5 nitrogen and oxygen atoms in total. The summed E-state index contributed by atoms with van der Waals surface area (Å²) >= 11 is 0. The smallest absolute Gasteiger partial charge is 0.315 e. The molecule has 1 aliphatic rings. The topological polar surface area (TPSA) is 70.6 Å². The van der Waals surface area contributed by atoms with Crippen molar-refractivity contribution in [3.8, 4) is 5.75 Å². The number of ether oxygens (including phenoxy) is 1. The number of hydrogen-bond acceptors (Lipinski definition) is 3. The lowest BCUT2D eigenvalue weighted by Gasteiger charge is -2.18. The lowest BCUT2D eigenvalue weighted by Crippen LogP contribution is -2.42. The summed E-state index contributed by atoms with van der Waals surface area (Å²) in [5.41, 5.74) is 0.672. The molecule has 3 N–H and O–H groups in total. The molecule has 1 aromatic carbocycles. The van der Waals surface area contributed by atoms with Gasteiger partial charge >= 0.3 is 6.03 Å². The average molecular weight is 324 g/mol. The molecule has 128 valence electrons. The minimum atomic E-state index is -0.411. The van der Waals surface area contributed by atoms with E-state index in [0.29, 0.717) is 24.5 Å². The van der Waals surface area contributed by atoms with Crippen LogP contribution in [0, 0.1) is 11.7 Å². The van der Waals surface area contributed by atoms with Crippen molar-refractivity contribution in [2.24, 2.45) is 5.92 Å². The Morgan fingerprint density at radius 3 is 2.74 bits per heavy atom. The Morgan fingerprint density at radius 1 is 1.39 bits per heavy atom. The fourth-order valence-corrected chi connectivity index (χ4v) is 2.21. The summed E-state index contributed by atoms with van der Waals surface area (Å²) in [5, 5.41) is 14.3. The number of halogens is 1. The van der Waals surface area contributed by atoms with E-state index in [1.54, 1.807) is 19.1 Å². The summed E-state index contributed by atoms with van der Waals surface area (Å²) in [6.07, 6.45) is 2.80. The van der Waals surface area contributed by atoms with E-state index >= 15 is 0 Å². The predicted molar refractivity (Wildman–Crippen MR) is 85.9 cm³/mol. The predicted octanol–water partition coefficient (Wildman–Crippen LogP) is 2.75. The van der Waals surface area contributed by atoms with Gasteiger partial charge in [-0.3, -0.25) is 0 Å². The highest BCUT2D eigenvalue weighted by molar-refractivity contribution is 5.74. The van der Waals surface area contributed by atoms with Gasteiger partial charge in [0, 0.05) is 12.6 Å². The van der Waals surface area contributed by atoms with Crippen molar-refractivity contribution in [3.05, 3.63) is 29.6 Å². The Balaban J connectivity index is 1.86. The van der Waals surface area contributed by atoms with Crippen molar-refractivity contribution < 1.29 is 19.0 Å². The SMILES string of the molecule is CC(NC(=O)N[C@H](C)CCO)c1ccc(OCC2CC2)c(F)c1. The first kappa shape index (κ1) is 17.5. The van der Waals surface area contributed by atoms with E-state index in [1.807, 2.05) is 6.92 Å². The van der Waals surface area contributed by atoms with Crippen LogP contribution in [0.2, 0.25) is 0 Å². The maximum atomic E-state index is 14.0. The Morgan fingerprint density at radius 2 is 2.13 bits per heavy atom. The van der Waals surface area contributed by atoms with Gasteiger partial charge < -0.3 is 20.5 Å². The summed E-state index contributed by atoms with van der Waals surface area (Å²) in [4.78, 5) is 11.8. The van der Waals surface area contributed by atoms with Crippen LogP contribution in [-0.4, -0.2) is 30.4 Å². The maximum absolute atomic E-state index is 14.0. The van der Waals surface area contributed by atoms with Gasteiger partial charge in [-0.2, -0.15) is 0 Å². The van der Waals surface area contributed by atoms with Gasteiger partial charge in [-0.1, -0.05) is 6.07 Å². The van der Waals surface area contributed by atoms with Gasteiger partial charge in [0.2, 0.25) is 0 Å². The molecule has 1 aliphatic carbocycles. The molecule has 0 saturated heterocycles. The third-order valence-electron chi connectivity index (χ3n) is 3.91. The molecule has 6 heteroatoms. The third kappa shape index (κ3) is 5.71. The number of aliphatic hydroxyl groups excluding tert-OH is 1. The van der Waals surface area contributed by atoms with Gasteiger partial charge in [0.1, 0.15) is 0 Å². The Labute approximate surface area is 136 Å². The fourth-order valence-electron chi connectivity index (χ4n) is 2.21. The van der Waals surface area contributed by atoms with E-state index < -0.39 is 5.82 Å². The first-order valence-corrected chi connectivity index (χ1v) is 8.09. The number of hydrogen-bond donors (Lipinski definition) is 3. The van der Waals surface area contributed by atoms with Gasteiger partial charge in [-0.05, 0) is 56.7 Å². The van der Waals surface area contributed by atoms with Crippen LogP contribution in [0.15, 0.2) is 18.2 Å². The van der Waals surface area contributed by atoms with Crippen LogP contribution in [-0.2, 0) is 0 Å². The van der Waals surface area contributed by atoms with Crippen molar-refractivity contribution in [1.29, 1.82) is 0 Å². The highest BCUT2D eigenvalue weighted by Crippen LogP contribution is 2.30. The molecule has 23 heavy (non-hydrogen) atoms. The molecule has 0 aliphatic heterocycles. The molecule has 0 bridgehead atoms. The molecule has 2 atom stereocenters. The molecule has 1 fully saturated rings. The van der Waals surface area contributed by atoms with E-state index in [9.17, 15) is 9.18 Å². The zero-order valence-electron chi connectivity index (χ0n) is 13.6. The second-order valence-electron chi connectivity index (χ2n) is 6.20.